The van der Waals surface area contributed by atoms with Crippen LogP contribution >= 0.6 is 0 Å². The topological polar surface area (TPSA) is 59.2 Å². The summed E-state index contributed by atoms with van der Waals surface area (Å²) >= 11 is 0. The maximum atomic E-state index is 12.4. The zero-order valence-corrected chi connectivity index (χ0v) is 11.4. The Kier molecular flexibility index (Phi) is 4.18. The number of hydrogen-bond donors (Lipinski definition) is 1. The van der Waals surface area contributed by atoms with E-state index in [-0.39, 0.29) is 12.5 Å². The van der Waals surface area contributed by atoms with Crippen molar-refractivity contribution >= 4 is 5.91 Å². The molecule has 1 aliphatic rings. The van der Waals surface area contributed by atoms with Gasteiger partial charge < -0.3 is 10.6 Å². The van der Waals surface area contributed by atoms with Crippen LogP contribution in [0.5, 0.6) is 0 Å². The van der Waals surface area contributed by atoms with Crippen LogP contribution in [-0.2, 0) is 0 Å². The number of carbonyl (C=O) groups is 1. The third-order valence-corrected chi connectivity index (χ3v) is 3.51. The second-order valence-corrected chi connectivity index (χ2v) is 5.09. The fourth-order valence-corrected chi connectivity index (χ4v) is 2.12. The highest BCUT2D eigenvalue weighted by atomic mass is 16.2. The van der Waals surface area contributed by atoms with Gasteiger partial charge in [0.15, 0.2) is 0 Å². The van der Waals surface area contributed by atoms with E-state index >= 15 is 0 Å². The molecule has 0 aliphatic heterocycles. The summed E-state index contributed by atoms with van der Waals surface area (Å²) in [5, 5.41) is 0. The highest BCUT2D eigenvalue weighted by molar-refractivity contribution is 5.96. The van der Waals surface area contributed by atoms with Crippen molar-refractivity contribution < 1.29 is 4.79 Å². The van der Waals surface area contributed by atoms with Gasteiger partial charge in [0, 0.05) is 26.0 Å². The number of nitrogens with two attached hydrogens (primary N) is 1. The van der Waals surface area contributed by atoms with Crippen molar-refractivity contribution in [3.63, 3.8) is 0 Å². The Bertz CT molecular complexity index is 530. The molecular formula is C15H19N3O. The van der Waals surface area contributed by atoms with Crippen LogP contribution in [0.2, 0.25) is 0 Å². The van der Waals surface area contributed by atoms with E-state index in [2.05, 4.69) is 23.7 Å². The zero-order valence-electron chi connectivity index (χ0n) is 11.4. The van der Waals surface area contributed by atoms with Gasteiger partial charge in [-0.05, 0) is 24.3 Å². The number of aromatic nitrogens is 1. The van der Waals surface area contributed by atoms with Crippen LogP contribution in [-0.4, -0.2) is 35.9 Å². The van der Waals surface area contributed by atoms with Crippen molar-refractivity contribution in [1.82, 2.24) is 9.88 Å². The molecule has 0 saturated heterocycles. The molecule has 0 radical (unpaired) electrons. The number of hydrogen-bond acceptors (Lipinski definition) is 3. The smallest absolute Gasteiger partial charge is 0.254 e. The highest BCUT2D eigenvalue weighted by Crippen LogP contribution is 2.38. The first kappa shape index (κ1) is 13.6. The van der Waals surface area contributed by atoms with Crippen LogP contribution in [0.4, 0.5) is 0 Å². The molecule has 1 aromatic rings. The Morgan fingerprint density at radius 2 is 2.37 bits per heavy atom. The Morgan fingerprint density at radius 3 is 3.00 bits per heavy atom. The maximum Gasteiger partial charge on any atom is 0.254 e. The molecule has 0 spiro atoms. The summed E-state index contributed by atoms with van der Waals surface area (Å²) in [6.07, 6.45) is 4.45. The lowest BCUT2D eigenvalue weighted by Gasteiger charge is -2.17. The number of nitrogens with zero attached hydrogens (tertiary/aromatic N) is 2. The Labute approximate surface area is 114 Å². The molecule has 2 atom stereocenters. The summed E-state index contributed by atoms with van der Waals surface area (Å²) in [5.74, 6) is 7.06. The van der Waals surface area contributed by atoms with Gasteiger partial charge >= 0.3 is 0 Å². The van der Waals surface area contributed by atoms with Gasteiger partial charge in [0.1, 0.15) is 0 Å². The van der Waals surface area contributed by atoms with Crippen molar-refractivity contribution in [2.24, 2.45) is 17.6 Å². The molecule has 2 unspecified atom stereocenters. The minimum absolute atomic E-state index is 0.00261. The molecule has 4 nitrogen and oxygen atoms in total. The minimum atomic E-state index is 0.00261. The number of carbonyl (C=O) groups excluding carboxylic acids is 1. The molecule has 0 bridgehead atoms. The summed E-state index contributed by atoms with van der Waals surface area (Å²) in [7, 11) is 1.84. The van der Waals surface area contributed by atoms with Gasteiger partial charge in [-0.25, -0.2) is 0 Å². The molecule has 1 aromatic heterocycles. The number of rotatable bonds is 3. The van der Waals surface area contributed by atoms with Gasteiger partial charge in [-0.3, -0.25) is 9.78 Å². The summed E-state index contributed by atoms with van der Waals surface area (Å²) in [6.45, 7) is 3.30. The van der Waals surface area contributed by atoms with Crippen LogP contribution in [0.25, 0.3) is 0 Å². The first-order valence-corrected chi connectivity index (χ1v) is 6.52. The van der Waals surface area contributed by atoms with Crippen LogP contribution < -0.4 is 5.73 Å². The summed E-state index contributed by atoms with van der Waals surface area (Å²) in [5.41, 5.74) is 6.61. The van der Waals surface area contributed by atoms with Crippen LogP contribution in [0.3, 0.4) is 0 Å². The van der Waals surface area contributed by atoms with E-state index in [1.54, 1.807) is 23.4 Å². The van der Waals surface area contributed by atoms with E-state index < -0.39 is 0 Å². The van der Waals surface area contributed by atoms with Crippen molar-refractivity contribution in [3.05, 3.63) is 29.6 Å². The molecule has 1 amide bonds. The van der Waals surface area contributed by atoms with Crippen molar-refractivity contribution in [1.29, 1.82) is 0 Å². The molecule has 1 fully saturated rings. The first-order chi connectivity index (χ1) is 9.13. The van der Waals surface area contributed by atoms with Crippen LogP contribution in [0.15, 0.2) is 18.5 Å². The van der Waals surface area contributed by atoms with Crippen LogP contribution in [0, 0.1) is 23.7 Å². The average molecular weight is 257 g/mol. The lowest BCUT2D eigenvalue weighted by molar-refractivity contribution is 0.0786. The third kappa shape index (κ3) is 3.33. The molecule has 2 N–H and O–H groups in total. The van der Waals surface area contributed by atoms with Crippen molar-refractivity contribution in [2.75, 3.05) is 20.1 Å². The van der Waals surface area contributed by atoms with Gasteiger partial charge in [-0.2, -0.15) is 0 Å². The lowest BCUT2D eigenvalue weighted by Crippen LogP contribution is -2.29. The Hall–Kier alpha value is -1.86. The summed E-state index contributed by atoms with van der Waals surface area (Å²) < 4.78 is 0. The predicted molar refractivity (Wildman–Crippen MR) is 74.4 cm³/mol. The molecule has 1 heterocycles. The Morgan fingerprint density at radius 1 is 1.63 bits per heavy atom. The molecule has 100 valence electrons. The van der Waals surface area contributed by atoms with Gasteiger partial charge in [0.25, 0.3) is 5.91 Å². The minimum Gasteiger partial charge on any atom is -0.341 e. The second-order valence-electron chi connectivity index (χ2n) is 5.09. The van der Waals surface area contributed by atoms with Crippen LogP contribution in [0.1, 0.15) is 29.3 Å². The number of pyridine rings is 1. The van der Waals surface area contributed by atoms with Gasteiger partial charge in [0.2, 0.25) is 0 Å². The van der Waals surface area contributed by atoms with E-state index in [9.17, 15) is 4.79 Å². The summed E-state index contributed by atoms with van der Waals surface area (Å²) in [6, 6.07) is 1.72. The molecule has 19 heavy (non-hydrogen) atoms. The van der Waals surface area contributed by atoms with Gasteiger partial charge in [-0.15, -0.1) is 0 Å². The van der Waals surface area contributed by atoms with E-state index in [1.165, 1.54) is 6.42 Å². The van der Waals surface area contributed by atoms with E-state index in [1.807, 2.05) is 7.05 Å². The van der Waals surface area contributed by atoms with Crippen molar-refractivity contribution in [2.45, 2.75) is 13.3 Å². The SMILES string of the molecule is CC1CC1CN(C)C(=O)c1ccncc1C#CCN. The van der Waals surface area contributed by atoms with E-state index in [0.29, 0.717) is 17.0 Å². The highest BCUT2D eigenvalue weighted by Gasteiger charge is 2.34. The average Bonchev–Trinajstić information content (AvgIpc) is 3.11. The molecule has 0 aromatic carbocycles. The predicted octanol–water partition coefficient (Wildman–Crippen LogP) is 1.12. The fraction of sp³-hybridized carbons (Fsp3) is 0.467. The lowest BCUT2D eigenvalue weighted by atomic mass is 10.1. The van der Waals surface area contributed by atoms with Crippen molar-refractivity contribution in [3.8, 4) is 11.8 Å². The number of amides is 1. The monoisotopic (exact) mass is 257 g/mol. The molecular weight excluding hydrogens is 238 g/mol. The van der Waals surface area contributed by atoms with E-state index in [4.69, 9.17) is 5.73 Å². The standard InChI is InChI=1S/C15H19N3O/c1-11-8-13(11)10-18(2)15(19)14-5-7-17-9-12(14)4-3-6-16/h5,7,9,11,13H,6,8,10,16H2,1-2H3. The van der Waals surface area contributed by atoms with E-state index in [0.717, 1.165) is 12.5 Å². The maximum absolute atomic E-state index is 12.4. The largest absolute Gasteiger partial charge is 0.341 e. The molecule has 2 rings (SSSR count). The second kappa shape index (κ2) is 5.85. The third-order valence-electron chi connectivity index (χ3n) is 3.51. The van der Waals surface area contributed by atoms with Gasteiger partial charge in [0.05, 0.1) is 17.7 Å². The Balaban J connectivity index is 2.13. The van der Waals surface area contributed by atoms with Gasteiger partial charge in [-0.1, -0.05) is 18.8 Å². The fourth-order valence-electron chi connectivity index (χ4n) is 2.12. The molecule has 4 heteroatoms. The zero-order chi connectivity index (χ0) is 13.8. The molecule has 1 saturated carbocycles. The summed E-state index contributed by atoms with van der Waals surface area (Å²) in [4.78, 5) is 18.2. The quantitative estimate of drug-likeness (QED) is 0.825. The normalized spacial score (nSPS) is 20.4. The first-order valence-electron chi connectivity index (χ1n) is 6.52. The molecule has 1 aliphatic carbocycles.